The number of pyridine rings is 2. The van der Waals surface area contributed by atoms with Crippen molar-refractivity contribution < 1.29 is 19.4 Å². The van der Waals surface area contributed by atoms with Crippen LogP contribution in [-0.2, 0) is 16.1 Å². The minimum atomic E-state index is -1.16. The molecule has 0 amide bonds. The van der Waals surface area contributed by atoms with Crippen molar-refractivity contribution in [3.63, 3.8) is 0 Å². The van der Waals surface area contributed by atoms with Crippen LogP contribution < -0.4 is 9.64 Å². The largest absolute Gasteiger partial charge is 0.490 e. The van der Waals surface area contributed by atoms with Crippen LogP contribution in [0.15, 0.2) is 43.0 Å². The zero-order valence-electron chi connectivity index (χ0n) is 23.3. The minimum Gasteiger partial charge on any atom is -0.490 e. The van der Waals surface area contributed by atoms with Crippen LogP contribution in [0.4, 0.5) is 5.69 Å². The number of anilines is 1. The van der Waals surface area contributed by atoms with Gasteiger partial charge in [-0.1, -0.05) is 13.8 Å². The highest BCUT2D eigenvalue weighted by Gasteiger charge is 2.36. The molecule has 4 heterocycles. The molecule has 3 aromatic heterocycles. The standard InChI is InChI=1S/C29H39N5O4/c1-20-24(26(27(35)36)38-28(2,3)4)25(33-14-10-29(5,6)11-15-33)22(19-30-20)23-9-8-21(18-31-23)37-17-16-34-13-7-12-32-34/h7-9,12-13,18-19,26H,10-11,14-17H2,1-6H3,(H,35,36). The molecule has 3 aromatic rings. The molecule has 0 saturated carbocycles. The average molecular weight is 522 g/mol. The Morgan fingerprint density at radius 3 is 2.47 bits per heavy atom. The molecule has 0 aromatic carbocycles. The summed E-state index contributed by atoms with van der Waals surface area (Å²) in [5, 5.41) is 14.4. The molecule has 0 bridgehead atoms. The summed E-state index contributed by atoms with van der Waals surface area (Å²) in [5.74, 6) is -0.378. The van der Waals surface area contributed by atoms with E-state index in [1.165, 1.54) is 0 Å². The van der Waals surface area contributed by atoms with Gasteiger partial charge in [-0.3, -0.25) is 14.6 Å². The summed E-state index contributed by atoms with van der Waals surface area (Å²) in [4.78, 5) is 24.1. The van der Waals surface area contributed by atoms with Gasteiger partial charge in [0.2, 0.25) is 0 Å². The highest BCUT2D eigenvalue weighted by molar-refractivity contribution is 5.85. The Hall–Kier alpha value is -3.46. The van der Waals surface area contributed by atoms with Gasteiger partial charge < -0.3 is 19.5 Å². The molecule has 1 aliphatic heterocycles. The van der Waals surface area contributed by atoms with E-state index in [1.807, 2.05) is 56.8 Å². The second-order valence-corrected chi connectivity index (χ2v) is 11.6. The van der Waals surface area contributed by atoms with E-state index >= 15 is 0 Å². The lowest BCUT2D eigenvalue weighted by Gasteiger charge is -2.40. The lowest BCUT2D eigenvalue weighted by Crippen LogP contribution is -2.39. The maximum absolute atomic E-state index is 12.5. The Labute approximate surface area is 224 Å². The molecular formula is C29H39N5O4. The van der Waals surface area contributed by atoms with Crippen LogP contribution in [0.5, 0.6) is 5.75 Å². The smallest absolute Gasteiger partial charge is 0.337 e. The molecule has 1 saturated heterocycles. The lowest BCUT2D eigenvalue weighted by molar-refractivity contribution is -0.160. The van der Waals surface area contributed by atoms with Crippen molar-refractivity contribution in [1.82, 2.24) is 19.7 Å². The summed E-state index contributed by atoms with van der Waals surface area (Å²) in [6.07, 6.45) is 7.97. The molecule has 38 heavy (non-hydrogen) atoms. The molecule has 0 spiro atoms. The van der Waals surface area contributed by atoms with Crippen LogP contribution in [0.25, 0.3) is 11.3 Å². The Morgan fingerprint density at radius 1 is 1.16 bits per heavy atom. The van der Waals surface area contributed by atoms with Crippen LogP contribution in [0.2, 0.25) is 0 Å². The Morgan fingerprint density at radius 2 is 1.89 bits per heavy atom. The molecule has 204 valence electrons. The first-order valence-electron chi connectivity index (χ1n) is 13.2. The quantitative estimate of drug-likeness (QED) is 0.405. The van der Waals surface area contributed by atoms with Crippen molar-refractivity contribution in [2.45, 2.75) is 72.6 Å². The predicted molar refractivity (Wildman–Crippen MR) is 146 cm³/mol. The van der Waals surface area contributed by atoms with Gasteiger partial charge in [0, 0.05) is 48.5 Å². The molecular weight excluding hydrogens is 482 g/mol. The second-order valence-electron chi connectivity index (χ2n) is 11.6. The molecule has 4 rings (SSSR count). The van der Waals surface area contributed by atoms with Crippen LogP contribution >= 0.6 is 0 Å². The zero-order valence-corrected chi connectivity index (χ0v) is 23.3. The van der Waals surface area contributed by atoms with E-state index in [9.17, 15) is 9.90 Å². The lowest BCUT2D eigenvalue weighted by atomic mass is 9.82. The molecule has 9 nitrogen and oxygen atoms in total. The summed E-state index contributed by atoms with van der Waals surface area (Å²) in [6.45, 7) is 14.7. The number of aryl methyl sites for hydroxylation is 1. The second kappa shape index (κ2) is 11.1. The Bertz CT molecular complexity index is 1220. The Kier molecular flexibility index (Phi) is 8.06. The first-order chi connectivity index (χ1) is 17.9. The van der Waals surface area contributed by atoms with Crippen molar-refractivity contribution in [3.8, 4) is 17.0 Å². The topological polar surface area (TPSA) is 103 Å². The molecule has 9 heteroatoms. The predicted octanol–water partition coefficient (Wildman–Crippen LogP) is 5.29. The van der Waals surface area contributed by atoms with Crippen LogP contribution in [0.1, 0.15) is 64.8 Å². The average Bonchev–Trinajstić information content (AvgIpc) is 3.36. The van der Waals surface area contributed by atoms with Gasteiger partial charge in [-0.05, 0) is 64.2 Å². The first-order valence-corrected chi connectivity index (χ1v) is 13.2. The third-order valence-corrected chi connectivity index (χ3v) is 6.84. The fraction of sp³-hybridized carbons (Fsp3) is 0.517. The van der Waals surface area contributed by atoms with E-state index in [4.69, 9.17) is 14.5 Å². The monoisotopic (exact) mass is 521 g/mol. The normalized spacial score (nSPS) is 16.3. The van der Waals surface area contributed by atoms with Gasteiger partial charge in [0.05, 0.1) is 29.7 Å². The van der Waals surface area contributed by atoms with E-state index in [0.29, 0.717) is 35.9 Å². The van der Waals surface area contributed by atoms with Crippen molar-refractivity contribution >= 4 is 11.7 Å². The zero-order chi connectivity index (χ0) is 27.5. The summed E-state index contributed by atoms with van der Waals surface area (Å²) in [7, 11) is 0. The molecule has 1 unspecified atom stereocenters. The maximum atomic E-state index is 12.5. The van der Waals surface area contributed by atoms with Gasteiger partial charge in [0.25, 0.3) is 0 Å². The van der Waals surface area contributed by atoms with Gasteiger partial charge in [-0.15, -0.1) is 0 Å². The summed E-state index contributed by atoms with van der Waals surface area (Å²) >= 11 is 0. The summed E-state index contributed by atoms with van der Waals surface area (Å²) in [6, 6.07) is 5.66. The van der Waals surface area contributed by atoms with Gasteiger partial charge in [0.15, 0.2) is 6.10 Å². The maximum Gasteiger partial charge on any atom is 0.337 e. The van der Waals surface area contributed by atoms with Crippen LogP contribution in [0, 0.1) is 12.3 Å². The first kappa shape index (κ1) is 27.6. The third kappa shape index (κ3) is 6.69. The number of aliphatic carboxylic acids is 1. The number of aromatic nitrogens is 4. The van der Waals surface area contributed by atoms with E-state index in [0.717, 1.165) is 37.2 Å². The van der Waals surface area contributed by atoms with E-state index in [1.54, 1.807) is 18.6 Å². The summed E-state index contributed by atoms with van der Waals surface area (Å²) in [5.41, 5.74) is 3.15. The fourth-order valence-corrected chi connectivity index (χ4v) is 4.69. The number of piperidine rings is 1. The molecule has 1 atom stereocenters. The van der Waals surface area contributed by atoms with Crippen molar-refractivity contribution in [2.24, 2.45) is 5.41 Å². The Balaban J connectivity index is 1.71. The number of rotatable bonds is 9. The number of carboxylic acid groups (broad SMARTS) is 1. The third-order valence-electron chi connectivity index (χ3n) is 6.84. The van der Waals surface area contributed by atoms with Crippen LogP contribution in [-0.4, -0.2) is 56.1 Å². The number of hydrogen-bond acceptors (Lipinski definition) is 7. The molecule has 0 aliphatic carbocycles. The molecule has 1 fully saturated rings. The van der Waals surface area contributed by atoms with Gasteiger partial charge in [0.1, 0.15) is 12.4 Å². The molecule has 1 N–H and O–H groups in total. The van der Waals surface area contributed by atoms with Crippen LogP contribution in [0.3, 0.4) is 0 Å². The molecule has 0 radical (unpaired) electrons. The minimum absolute atomic E-state index is 0.237. The molecule has 1 aliphatic rings. The summed E-state index contributed by atoms with van der Waals surface area (Å²) < 4.78 is 13.8. The van der Waals surface area contributed by atoms with Crippen molar-refractivity contribution in [2.75, 3.05) is 24.6 Å². The van der Waals surface area contributed by atoms with Gasteiger partial charge >= 0.3 is 5.97 Å². The number of nitrogens with zero attached hydrogens (tertiary/aromatic N) is 5. The van der Waals surface area contributed by atoms with E-state index in [2.05, 4.69) is 28.8 Å². The highest BCUT2D eigenvalue weighted by Crippen LogP contribution is 2.43. The van der Waals surface area contributed by atoms with E-state index < -0.39 is 17.7 Å². The van der Waals surface area contributed by atoms with Gasteiger partial charge in [-0.2, -0.15) is 5.10 Å². The van der Waals surface area contributed by atoms with Gasteiger partial charge in [-0.25, -0.2) is 4.79 Å². The highest BCUT2D eigenvalue weighted by atomic mass is 16.5. The number of carboxylic acids is 1. The fourth-order valence-electron chi connectivity index (χ4n) is 4.69. The number of carbonyl (C=O) groups is 1. The SMILES string of the molecule is Cc1ncc(-c2ccc(OCCn3cccn3)cn2)c(N2CCC(C)(C)CC2)c1C(OC(C)(C)C)C(=O)O. The van der Waals surface area contributed by atoms with Crippen molar-refractivity contribution in [1.29, 1.82) is 0 Å². The van der Waals surface area contributed by atoms with Crippen molar-refractivity contribution in [3.05, 3.63) is 54.2 Å². The van der Waals surface area contributed by atoms with E-state index in [-0.39, 0.29) is 5.41 Å². The number of hydrogen-bond donors (Lipinski definition) is 1. The number of ether oxygens (including phenoxy) is 2.